The average Bonchev–Trinajstić information content (AvgIpc) is 2.81. The molecule has 1 aromatic heterocycles. The maximum Gasteiger partial charge on any atom is 0.0247 e. The standard InChI is InChI=1S/C15H26N2S/c1-12(2)10-16-7-4-13(3)17-8-5-15-14(11-17)6-9-18-15/h6,9,12-13,16H,4-5,7-8,10-11H2,1-3H3. The molecule has 0 radical (unpaired) electrons. The lowest BCUT2D eigenvalue weighted by atomic mass is 10.1. The van der Waals surface area contributed by atoms with E-state index in [1.165, 1.54) is 19.4 Å². The molecule has 0 aromatic carbocycles. The van der Waals surface area contributed by atoms with Gasteiger partial charge < -0.3 is 5.32 Å². The Bertz CT molecular complexity index is 359. The van der Waals surface area contributed by atoms with E-state index in [0.29, 0.717) is 6.04 Å². The molecular weight excluding hydrogens is 240 g/mol. The summed E-state index contributed by atoms with van der Waals surface area (Å²) in [5.41, 5.74) is 1.56. The second kappa shape index (κ2) is 6.69. The average molecular weight is 266 g/mol. The minimum Gasteiger partial charge on any atom is -0.316 e. The van der Waals surface area contributed by atoms with Crippen LogP contribution >= 0.6 is 11.3 Å². The molecule has 0 spiro atoms. The van der Waals surface area contributed by atoms with Crippen molar-refractivity contribution in [3.8, 4) is 0 Å². The van der Waals surface area contributed by atoms with Gasteiger partial charge >= 0.3 is 0 Å². The minimum atomic E-state index is 0.692. The molecule has 18 heavy (non-hydrogen) atoms. The third-order valence-electron chi connectivity index (χ3n) is 3.75. The van der Waals surface area contributed by atoms with Crippen molar-refractivity contribution in [1.29, 1.82) is 0 Å². The van der Waals surface area contributed by atoms with Crippen molar-refractivity contribution in [1.82, 2.24) is 10.2 Å². The molecule has 0 saturated heterocycles. The first-order valence-corrected chi connectivity index (χ1v) is 8.04. The van der Waals surface area contributed by atoms with E-state index in [4.69, 9.17) is 0 Å². The highest BCUT2D eigenvalue weighted by Crippen LogP contribution is 2.25. The highest BCUT2D eigenvalue weighted by atomic mass is 32.1. The number of hydrogen-bond donors (Lipinski definition) is 1. The first kappa shape index (κ1) is 14.0. The molecule has 0 amide bonds. The molecule has 102 valence electrons. The Labute approximate surface area is 115 Å². The Balaban J connectivity index is 1.72. The second-order valence-electron chi connectivity index (χ2n) is 5.83. The fourth-order valence-electron chi connectivity index (χ4n) is 2.53. The van der Waals surface area contributed by atoms with Gasteiger partial charge in [-0.1, -0.05) is 13.8 Å². The van der Waals surface area contributed by atoms with Crippen LogP contribution < -0.4 is 5.32 Å². The lowest BCUT2D eigenvalue weighted by molar-refractivity contribution is 0.182. The van der Waals surface area contributed by atoms with Gasteiger partial charge in [-0.2, -0.15) is 0 Å². The van der Waals surface area contributed by atoms with E-state index in [2.05, 4.69) is 42.4 Å². The number of nitrogens with zero attached hydrogens (tertiary/aromatic N) is 1. The van der Waals surface area contributed by atoms with Gasteiger partial charge in [0.05, 0.1) is 0 Å². The van der Waals surface area contributed by atoms with Crippen LogP contribution in [0.4, 0.5) is 0 Å². The molecule has 0 saturated carbocycles. The first-order chi connectivity index (χ1) is 8.66. The molecule has 1 aromatic rings. The van der Waals surface area contributed by atoms with Gasteiger partial charge in [-0.05, 0) is 55.8 Å². The summed E-state index contributed by atoms with van der Waals surface area (Å²) >= 11 is 1.92. The van der Waals surface area contributed by atoms with Crippen LogP contribution in [0.15, 0.2) is 11.4 Å². The summed E-state index contributed by atoms with van der Waals surface area (Å²) in [6.45, 7) is 11.6. The topological polar surface area (TPSA) is 15.3 Å². The Hall–Kier alpha value is -0.380. The number of fused-ring (bicyclic) bond motifs is 1. The molecule has 1 unspecified atom stereocenters. The van der Waals surface area contributed by atoms with Crippen LogP contribution in [0.5, 0.6) is 0 Å². The molecule has 2 rings (SSSR count). The molecule has 3 heteroatoms. The van der Waals surface area contributed by atoms with Gasteiger partial charge in [0.15, 0.2) is 0 Å². The van der Waals surface area contributed by atoms with Crippen LogP contribution in [0.1, 0.15) is 37.6 Å². The molecule has 1 N–H and O–H groups in total. The van der Waals surface area contributed by atoms with Gasteiger partial charge in [0.25, 0.3) is 0 Å². The summed E-state index contributed by atoms with van der Waals surface area (Å²) in [6.07, 6.45) is 2.50. The van der Waals surface area contributed by atoms with Gasteiger partial charge in [-0.3, -0.25) is 4.90 Å². The molecule has 0 fully saturated rings. The van der Waals surface area contributed by atoms with Gasteiger partial charge in [-0.15, -0.1) is 11.3 Å². The van der Waals surface area contributed by atoms with Crippen molar-refractivity contribution in [2.45, 2.75) is 46.2 Å². The van der Waals surface area contributed by atoms with Gasteiger partial charge in [-0.25, -0.2) is 0 Å². The highest BCUT2D eigenvalue weighted by Gasteiger charge is 2.20. The summed E-state index contributed by atoms with van der Waals surface area (Å²) in [7, 11) is 0. The van der Waals surface area contributed by atoms with Crippen LogP contribution in [-0.2, 0) is 13.0 Å². The molecule has 0 bridgehead atoms. The fourth-order valence-corrected chi connectivity index (χ4v) is 3.42. The Morgan fingerprint density at radius 3 is 3.00 bits per heavy atom. The minimum absolute atomic E-state index is 0.692. The van der Waals surface area contributed by atoms with Crippen molar-refractivity contribution in [3.05, 3.63) is 21.9 Å². The maximum absolute atomic E-state index is 3.54. The summed E-state index contributed by atoms with van der Waals surface area (Å²) in [5.74, 6) is 0.753. The van der Waals surface area contributed by atoms with Gasteiger partial charge in [0.2, 0.25) is 0 Å². The normalized spacial score (nSPS) is 18.0. The Morgan fingerprint density at radius 2 is 2.22 bits per heavy atom. The van der Waals surface area contributed by atoms with E-state index in [0.717, 1.165) is 25.6 Å². The molecule has 1 aliphatic heterocycles. The van der Waals surface area contributed by atoms with Gasteiger partial charge in [0.1, 0.15) is 0 Å². The van der Waals surface area contributed by atoms with E-state index < -0.39 is 0 Å². The maximum atomic E-state index is 3.54. The zero-order valence-corrected chi connectivity index (χ0v) is 12.7. The second-order valence-corrected chi connectivity index (χ2v) is 6.83. The molecule has 1 aliphatic rings. The molecule has 2 heterocycles. The number of rotatable bonds is 6. The van der Waals surface area contributed by atoms with Crippen molar-refractivity contribution in [2.24, 2.45) is 5.92 Å². The summed E-state index contributed by atoms with van der Waals surface area (Å²) in [6, 6.07) is 2.99. The smallest absolute Gasteiger partial charge is 0.0247 e. The van der Waals surface area contributed by atoms with Crippen molar-refractivity contribution in [3.63, 3.8) is 0 Å². The Morgan fingerprint density at radius 1 is 1.39 bits per heavy atom. The SMILES string of the molecule is CC(C)CNCCC(C)N1CCc2sccc2C1. The van der Waals surface area contributed by atoms with Crippen LogP contribution in [0.25, 0.3) is 0 Å². The van der Waals surface area contributed by atoms with E-state index in [-0.39, 0.29) is 0 Å². The Kier molecular flexibility index (Phi) is 5.22. The molecule has 0 aliphatic carbocycles. The van der Waals surface area contributed by atoms with Crippen molar-refractivity contribution in [2.75, 3.05) is 19.6 Å². The van der Waals surface area contributed by atoms with Crippen LogP contribution in [-0.4, -0.2) is 30.6 Å². The van der Waals surface area contributed by atoms with Crippen LogP contribution in [0.3, 0.4) is 0 Å². The van der Waals surface area contributed by atoms with E-state index in [1.54, 1.807) is 10.4 Å². The predicted molar refractivity (Wildman–Crippen MR) is 80.2 cm³/mol. The van der Waals surface area contributed by atoms with E-state index in [1.807, 2.05) is 11.3 Å². The van der Waals surface area contributed by atoms with E-state index >= 15 is 0 Å². The third kappa shape index (κ3) is 3.81. The molecular formula is C15H26N2S. The summed E-state index contributed by atoms with van der Waals surface area (Å²) < 4.78 is 0. The fraction of sp³-hybridized carbons (Fsp3) is 0.733. The van der Waals surface area contributed by atoms with Crippen molar-refractivity contribution < 1.29 is 0 Å². The summed E-state index contributed by atoms with van der Waals surface area (Å²) in [4.78, 5) is 4.24. The number of hydrogen-bond acceptors (Lipinski definition) is 3. The lowest BCUT2D eigenvalue weighted by Crippen LogP contribution is -2.38. The van der Waals surface area contributed by atoms with Gasteiger partial charge in [0, 0.05) is 24.0 Å². The quantitative estimate of drug-likeness (QED) is 0.796. The van der Waals surface area contributed by atoms with Crippen LogP contribution in [0, 0.1) is 5.92 Å². The first-order valence-electron chi connectivity index (χ1n) is 7.17. The molecule has 1 atom stereocenters. The van der Waals surface area contributed by atoms with Crippen LogP contribution in [0.2, 0.25) is 0 Å². The zero-order chi connectivity index (χ0) is 13.0. The third-order valence-corrected chi connectivity index (χ3v) is 4.78. The zero-order valence-electron chi connectivity index (χ0n) is 11.9. The largest absolute Gasteiger partial charge is 0.316 e. The summed E-state index contributed by atoms with van der Waals surface area (Å²) in [5, 5.41) is 5.78. The highest BCUT2D eigenvalue weighted by molar-refractivity contribution is 7.10. The predicted octanol–water partition coefficient (Wildman–Crippen LogP) is 3.13. The lowest BCUT2D eigenvalue weighted by Gasteiger charge is -2.32. The monoisotopic (exact) mass is 266 g/mol. The number of nitrogens with one attached hydrogen (secondary N) is 1. The van der Waals surface area contributed by atoms with Crippen molar-refractivity contribution >= 4 is 11.3 Å². The van der Waals surface area contributed by atoms with E-state index in [9.17, 15) is 0 Å². The molecule has 2 nitrogen and oxygen atoms in total. The number of thiophene rings is 1.